The number of likely N-dealkylation sites (tertiary alicyclic amines) is 1. The number of nitrogens with zero attached hydrogens (tertiary/aromatic N) is 7. The first kappa shape index (κ1) is 86.4. The zero-order valence-corrected chi connectivity index (χ0v) is 70.4. The summed E-state index contributed by atoms with van der Waals surface area (Å²) in [7, 11) is -11.0. The molecule has 4 amide bonds. The summed E-state index contributed by atoms with van der Waals surface area (Å²) >= 11 is 9.46. The molecule has 618 valence electrons. The van der Waals surface area contributed by atoms with E-state index in [-0.39, 0.29) is 53.3 Å². The van der Waals surface area contributed by atoms with Crippen LogP contribution in [0.25, 0.3) is 16.0 Å². The number of aliphatic hydroxyl groups excluding tert-OH is 1. The summed E-state index contributed by atoms with van der Waals surface area (Å²) in [5, 5.41) is 21.2. The average Bonchev–Trinajstić information content (AvgIpc) is 0.856. The van der Waals surface area contributed by atoms with Crippen LogP contribution in [-0.4, -0.2) is 221 Å². The lowest BCUT2D eigenvalue weighted by Gasteiger charge is -2.48. The van der Waals surface area contributed by atoms with E-state index in [1.165, 1.54) is 40.6 Å². The number of nitrogens with one attached hydrogen (secondary N) is 4. The molecular weight excluding hydrogens is 1560 g/mol. The molecule has 5 fully saturated rings. The van der Waals surface area contributed by atoms with Gasteiger partial charge in [-0.25, -0.2) is 26.5 Å². The minimum Gasteiger partial charge on any atom is -0.391 e. The number of ether oxygens (including phenoxy) is 1. The van der Waals surface area contributed by atoms with Gasteiger partial charge in [0.05, 0.1) is 57.1 Å². The Kier molecular flexibility index (Phi) is 28.6. The number of aryl methyl sites for hydroxylation is 1. The van der Waals surface area contributed by atoms with E-state index in [1.807, 2.05) is 116 Å². The Bertz CT molecular complexity index is 4560. The van der Waals surface area contributed by atoms with Crippen molar-refractivity contribution in [3.63, 3.8) is 0 Å². The number of aliphatic hydroxyl groups is 1. The molecule has 6 aliphatic rings. The normalized spacial score (nSPS) is 21.0. The van der Waals surface area contributed by atoms with Gasteiger partial charge < -0.3 is 40.5 Å². The van der Waals surface area contributed by atoms with Crippen LogP contribution in [0, 0.1) is 17.8 Å². The lowest BCUT2D eigenvalue weighted by Crippen LogP contribution is -2.56. The SMILES string of the molecule is Cc1ncsc1-c1ccc([C@H](C)NC(=O)[C@@H]2C[C@@H](O)CN2C(=O)[C@@H](NCCCCCCCC(=O)N2CCN(C[C@]3(C)CCC(c4ccc(Cl)cc4)=C(CN4CCN(c5ccc(C(=O)NS(=O)(=O)c6ccc(N[C@H](CCN7CCOC8(CCC8)C7)CSc7ccccc7)c(S(=O)(=O)C(F)(F)F)c6)cc5)CC4)C3)CC2)C(C)(C)C)cc1. The van der Waals surface area contributed by atoms with Crippen molar-refractivity contribution in [1.29, 1.82) is 0 Å². The molecule has 21 nitrogen and oxygen atoms in total. The first-order chi connectivity index (χ1) is 54.3. The highest BCUT2D eigenvalue weighted by Crippen LogP contribution is 2.45. The Morgan fingerprint density at radius 2 is 1.48 bits per heavy atom. The number of anilines is 2. The topological polar surface area (TPSA) is 246 Å². The number of unbranched alkanes of at least 4 members (excludes halogenated alkanes) is 4. The van der Waals surface area contributed by atoms with Gasteiger partial charge in [-0.2, -0.15) is 13.2 Å². The minimum absolute atomic E-state index is 0.00585. The van der Waals surface area contributed by atoms with Gasteiger partial charge in [-0.05, 0) is 178 Å². The van der Waals surface area contributed by atoms with Crippen LogP contribution in [0.3, 0.4) is 0 Å². The Labute approximate surface area is 683 Å². The number of benzene rings is 5. The number of hydrogen-bond acceptors (Lipinski definition) is 19. The molecule has 1 saturated carbocycles. The fraction of sp³-hybridized carbons (Fsp3) is 0.541. The molecule has 0 bridgehead atoms. The van der Waals surface area contributed by atoms with Crippen molar-refractivity contribution in [3.8, 4) is 10.4 Å². The predicted molar refractivity (Wildman–Crippen MR) is 445 cm³/mol. The first-order valence-electron chi connectivity index (χ1n) is 40.2. The second-order valence-electron chi connectivity index (χ2n) is 33.3. The largest absolute Gasteiger partial charge is 0.501 e. The summed E-state index contributed by atoms with van der Waals surface area (Å²) in [6.45, 7) is 23.1. The van der Waals surface area contributed by atoms with Crippen molar-refractivity contribution in [1.82, 2.24) is 44.8 Å². The highest BCUT2D eigenvalue weighted by atomic mass is 35.5. The summed E-state index contributed by atoms with van der Waals surface area (Å²) in [4.78, 5) is 72.8. The highest BCUT2D eigenvalue weighted by Gasteiger charge is 2.50. The lowest BCUT2D eigenvalue weighted by molar-refractivity contribution is -0.151. The fourth-order valence-corrected chi connectivity index (χ4v) is 20.8. The molecule has 2 aliphatic carbocycles. The van der Waals surface area contributed by atoms with E-state index in [0.29, 0.717) is 82.1 Å². The number of carbonyl (C=O) groups excluding carboxylic acids is 4. The van der Waals surface area contributed by atoms with Gasteiger partial charge in [-0.1, -0.05) is 119 Å². The molecule has 29 heteroatoms. The van der Waals surface area contributed by atoms with Gasteiger partial charge >= 0.3 is 5.51 Å². The van der Waals surface area contributed by atoms with Crippen LogP contribution < -0.4 is 25.6 Å². The third kappa shape index (κ3) is 22.1. The molecule has 5 aromatic carbocycles. The smallest absolute Gasteiger partial charge is 0.391 e. The number of thioether (sulfide) groups is 1. The molecule has 5 N–H and O–H groups in total. The number of carbonyl (C=O) groups is 4. The maximum absolute atomic E-state index is 14.5. The number of thiazole rings is 1. The van der Waals surface area contributed by atoms with Crippen LogP contribution in [-0.2, 0) is 39.0 Å². The Hall–Kier alpha value is -6.96. The van der Waals surface area contributed by atoms with Gasteiger partial charge in [0.1, 0.15) is 10.9 Å². The van der Waals surface area contributed by atoms with Crippen molar-refractivity contribution in [3.05, 3.63) is 160 Å². The number of morpholine rings is 1. The van der Waals surface area contributed by atoms with Crippen LogP contribution >= 0.6 is 34.7 Å². The molecule has 6 aromatic rings. The number of allylic oxidation sites excluding steroid dienone is 1. The molecule has 4 aliphatic heterocycles. The molecule has 5 heterocycles. The Balaban J connectivity index is 0.580. The second kappa shape index (κ2) is 37.8. The quantitative estimate of drug-likeness (QED) is 0.0195. The van der Waals surface area contributed by atoms with Gasteiger partial charge in [0.25, 0.3) is 25.8 Å². The zero-order valence-electron chi connectivity index (χ0n) is 66.3. The van der Waals surface area contributed by atoms with Crippen LogP contribution in [0.15, 0.2) is 147 Å². The maximum atomic E-state index is 14.5. The van der Waals surface area contributed by atoms with Crippen molar-refractivity contribution < 1.29 is 59.0 Å². The van der Waals surface area contributed by atoms with Crippen LogP contribution in [0.2, 0.25) is 5.02 Å². The third-order valence-corrected chi connectivity index (χ3v) is 28.8. The van der Waals surface area contributed by atoms with E-state index < -0.39 is 76.4 Å². The summed E-state index contributed by atoms with van der Waals surface area (Å²) < 4.78 is 106. The molecule has 12 rings (SSSR count). The van der Waals surface area contributed by atoms with Crippen molar-refractivity contribution >= 4 is 95.1 Å². The van der Waals surface area contributed by atoms with Crippen LogP contribution in [0.5, 0.6) is 0 Å². The number of alkyl halides is 3. The van der Waals surface area contributed by atoms with E-state index in [4.69, 9.17) is 16.3 Å². The van der Waals surface area contributed by atoms with E-state index in [1.54, 1.807) is 28.4 Å². The number of sulfone groups is 1. The van der Waals surface area contributed by atoms with Gasteiger partial charge in [-0.15, -0.1) is 23.1 Å². The average molecular weight is 1670 g/mol. The summed E-state index contributed by atoms with van der Waals surface area (Å²) in [6, 6.07) is 32.3. The predicted octanol–water partition coefficient (Wildman–Crippen LogP) is 13.5. The number of halogens is 4. The number of rotatable bonds is 32. The van der Waals surface area contributed by atoms with Crippen molar-refractivity contribution in [2.24, 2.45) is 10.8 Å². The first-order valence-corrected chi connectivity index (χ1v) is 45.4. The molecule has 114 heavy (non-hydrogen) atoms. The molecular formula is C85H111ClF3N11O10S4. The molecule has 4 saturated heterocycles. The molecule has 1 aromatic heterocycles. The standard InChI is InChI=1S/C85H111ClF3N11O10S4/c1-59(61-19-21-63(22-20-61)77-60(2)91-58-112-77)92-80(104)74-50-69(101)54-100(74)81(105)78(82(3,4)5)90-38-14-9-7-8-13-18-76(102)99-46-42-97(43-47-99)56-83(6)37-33-72(62-23-27-66(86)28-24-62)65(52-83)53-95-40-44-98(45-41-95)68-29-25-64(26-30-68)79(103)94-114(108,109)71-31-32-73(75(51-71)113(106,107)85(87,88)89)93-67(55-111-70-16-11-10-12-17-70)34-39-96-48-49-110-84(57-96)35-15-36-84/h10-12,16-17,19-32,51,58-59,67,69,74,78,90,93,101H,7-9,13-15,18,33-50,52-57H2,1-6H3,(H,92,104)(H,94,103)/t59-,67+,69+,74-,78+,83+/m0/s1. The molecule has 6 atom stereocenters. The second-order valence-corrected chi connectivity index (χ2v) is 39.3. The van der Waals surface area contributed by atoms with Gasteiger partial charge in [0.2, 0.25) is 17.7 Å². The summed E-state index contributed by atoms with van der Waals surface area (Å²) in [5.74, 6) is -0.971. The van der Waals surface area contributed by atoms with E-state index in [0.717, 1.165) is 161 Å². The van der Waals surface area contributed by atoms with Gasteiger partial charge in [-0.3, -0.25) is 33.9 Å². The fourth-order valence-electron chi connectivity index (χ4n) is 16.9. The summed E-state index contributed by atoms with van der Waals surface area (Å²) in [6.07, 6.45) is 10.6. The van der Waals surface area contributed by atoms with Crippen molar-refractivity contribution in [2.45, 2.75) is 188 Å². The van der Waals surface area contributed by atoms with Crippen LogP contribution in [0.1, 0.15) is 158 Å². The number of β-amino-alcohol motifs (C(OH)–C–C–N with tert-alkyl or cyclic N) is 1. The minimum atomic E-state index is -6.12. The number of sulfonamides is 1. The lowest BCUT2D eigenvalue weighted by atomic mass is 9.71. The number of amides is 4. The Morgan fingerprint density at radius 1 is 0.798 bits per heavy atom. The van der Waals surface area contributed by atoms with Crippen molar-refractivity contribution in [2.75, 3.05) is 121 Å². The third-order valence-electron chi connectivity index (χ3n) is 23.5. The summed E-state index contributed by atoms with van der Waals surface area (Å²) in [5.41, 5.74) is 2.66. The molecule has 0 radical (unpaired) electrons. The van der Waals surface area contributed by atoms with Gasteiger partial charge in [0, 0.05) is 137 Å². The molecule has 1 spiro atoms. The molecule has 0 unspecified atom stereocenters. The highest BCUT2D eigenvalue weighted by molar-refractivity contribution is 7.99. The monoisotopic (exact) mass is 1670 g/mol. The Morgan fingerprint density at radius 3 is 2.15 bits per heavy atom. The zero-order chi connectivity index (χ0) is 81.2. The number of aromatic nitrogens is 1. The van der Waals surface area contributed by atoms with Crippen LogP contribution in [0.4, 0.5) is 24.5 Å². The van der Waals surface area contributed by atoms with E-state index in [9.17, 15) is 54.3 Å². The number of piperazine rings is 2. The van der Waals surface area contributed by atoms with Gasteiger partial charge in [0.15, 0.2) is 0 Å². The number of hydrogen-bond donors (Lipinski definition) is 5. The maximum Gasteiger partial charge on any atom is 0.501 e. The van der Waals surface area contributed by atoms with E-state index >= 15 is 0 Å². The van der Waals surface area contributed by atoms with E-state index in [2.05, 4.69) is 59.6 Å².